The molecule has 0 saturated heterocycles. The number of nitrogens with zero attached hydrogens (tertiary/aromatic N) is 4. The third kappa shape index (κ3) is 5.13. The number of hydrogen-bond donors (Lipinski definition) is 2. The van der Waals surface area contributed by atoms with Crippen LogP contribution in [0.15, 0.2) is 54.9 Å². The highest BCUT2D eigenvalue weighted by atomic mass is 16.1. The lowest BCUT2D eigenvalue weighted by atomic mass is 10.1. The fourth-order valence-corrected chi connectivity index (χ4v) is 2.72. The highest BCUT2D eigenvalue weighted by Gasteiger charge is 2.11. The first-order valence-corrected chi connectivity index (χ1v) is 9.12. The summed E-state index contributed by atoms with van der Waals surface area (Å²) in [7, 11) is 0. The topological polar surface area (TPSA) is 84.7 Å². The van der Waals surface area contributed by atoms with Crippen LogP contribution in [0, 0.1) is 0 Å². The first-order chi connectivity index (χ1) is 13.2. The van der Waals surface area contributed by atoms with Crippen molar-refractivity contribution in [1.82, 2.24) is 25.3 Å². The van der Waals surface area contributed by atoms with Crippen molar-refractivity contribution >= 4 is 11.7 Å². The van der Waals surface area contributed by atoms with Gasteiger partial charge in [0.25, 0.3) is 5.91 Å². The zero-order valence-electron chi connectivity index (χ0n) is 15.6. The number of carbonyl (C=O) groups is 1. The summed E-state index contributed by atoms with van der Waals surface area (Å²) in [5.41, 5.74) is 2.21. The summed E-state index contributed by atoms with van der Waals surface area (Å²) < 4.78 is 1.86. The van der Waals surface area contributed by atoms with Crippen LogP contribution in [0.1, 0.15) is 30.6 Å². The van der Waals surface area contributed by atoms with E-state index in [1.165, 1.54) is 0 Å². The molecule has 0 bridgehead atoms. The molecule has 7 heteroatoms. The first kappa shape index (κ1) is 18.6. The molecule has 1 unspecified atom stereocenters. The molecule has 3 rings (SSSR count). The quantitative estimate of drug-likeness (QED) is 0.642. The van der Waals surface area contributed by atoms with Crippen molar-refractivity contribution in [2.75, 3.05) is 11.9 Å². The van der Waals surface area contributed by atoms with Gasteiger partial charge in [0.05, 0.1) is 5.69 Å². The molecule has 0 spiro atoms. The van der Waals surface area contributed by atoms with Gasteiger partial charge in [0, 0.05) is 42.7 Å². The monoisotopic (exact) mass is 364 g/mol. The molecule has 0 fully saturated rings. The predicted octanol–water partition coefficient (Wildman–Crippen LogP) is 2.98. The van der Waals surface area contributed by atoms with Crippen molar-refractivity contribution in [1.29, 1.82) is 0 Å². The van der Waals surface area contributed by atoms with Gasteiger partial charge in [-0.3, -0.25) is 9.48 Å². The molecule has 1 atom stereocenters. The van der Waals surface area contributed by atoms with Gasteiger partial charge in [-0.15, -0.1) is 10.2 Å². The maximum atomic E-state index is 12.6. The predicted molar refractivity (Wildman–Crippen MR) is 105 cm³/mol. The van der Waals surface area contributed by atoms with E-state index in [2.05, 4.69) is 25.9 Å². The number of aryl methyl sites for hydroxylation is 1. The second-order valence-electron chi connectivity index (χ2n) is 6.35. The van der Waals surface area contributed by atoms with Gasteiger partial charge in [0.2, 0.25) is 0 Å². The third-order valence-corrected chi connectivity index (χ3v) is 4.17. The SMILES string of the molecule is CCNc1ccc(-c2cccc(C(=O)NC(C)CCn3cccn3)c2)nn1. The minimum Gasteiger partial charge on any atom is -0.369 e. The zero-order chi connectivity index (χ0) is 19.1. The van der Waals surface area contributed by atoms with E-state index in [-0.39, 0.29) is 11.9 Å². The molecule has 2 heterocycles. The number of amides is 1. The lowest BCUT2D eigenvalue weighted by Gasteiger charge is -2.14. The molecule has 27 heavy (non-hydrogen) atoms. The second kappa shape index (κ2) is 8.93. The van der Waals surface area contributed by atoms with Crippen molar-refractivity contribution in [2.24, 2.45) is 0 Å². The molecular formula is C20H24N6O. The molecule has 0 aliphatic heterocycles. The van der Waals surface area contributed by atoms with E-state index in [9.17, 15) is 4.79 Å². The van der Waals surface area contributed by atoms with Gasteiger partial charge in [0.15, 0.2) is 0 Å². The van der Waals surface area contributed by atoms with Gasteiger partial charge in [0.1, 0.15) is 5.82 Å². The number of aromatic nitrogens is 4. The van der Waals surface area contributed by atoms with E-state index in [0.29, 0.717) is 5.56 Å². The summed E-state index contributed by atoms with van der Waals surface area (Å²) in [4.78, 5) is 12.6. The van der Waals surface area contributed by atoms with Gasteiger partial charge in [-0.05, 0) is 50.6 Å². The molecule has 1 amide bonds. The molecule has 140 valence electrons. The molecule has 7 nitrogen and oxygen atoms in total. The van der Waals surface area contributed by atoms with Crippen LogP contribution in [0.5, 0.6) is 0 Å². The molecule has 3 aromatic rings. The fourth-order valence-electron chi connectivity index (χ4n) is 2.72. The highest BCUT2D eigenvalue weighted by Crippen LogP contribution is 2.18. The molecule has 0 saturated carbocycles. The molecule has 2 aromatic heterocycles. The van der Waals surface area contributed by atoms with E-state index in [1.54, 1.807) is 12.3 Å². The summed E-state index contributed by atoms with van der Waals surface area (Å²) in [5.74, 6) is 0.642. The normalized spacial score (nSPS) is 11.8. The standard InChI is InChI=1S/C20H24N6O/c1-3-21-19-9-8-18(24-25-19)16-6-4-7-17(14-16)20(27)23-15(2)10-13-26-12-5-11-22-26/h4-9,11-12,14-15H,3,10,13H2,1-2H3,(H,21,25)(H,23,27). The Bertz CT molecular complexity index is 860. The number of anilines is 1. The molecule has 0 aliphatic rings. The first-order valence-electron chi connectivity index (χ1n) is 9.12. The third-order valence-electron chi connectivity index (χ3n) is 4.17. The van der Waals surface area contributed by atoms with Crippen molar-refractivity contribution in [2.45, 2.75) is 32.9 Å². The van der Waals surface area contributed by atoms with Crippen LogP contribution in [0.2, 0.25) is 0 Å². The maximum Gasteiger partial charge on any atom is 0.251 e. The molecule has 0 radical (unpaired) electrons. The Hall–Kier alpha value is -3.22. The van der Waals surface area contributed by atoms with Gasteiger partial charge in [-0.2, -0.15) is 5.10 Å². The van der Waals surface area contributed by atoms with Gasteiger partial charge in [-0.1, -0.05) is 12.1 Å². The van der Waals surface area contributed by atoms with Crippen molar-refractivity contribution in [3.05, 3.63) is 60.4 Å². The van der Waals surface area contributed by atoms with Crippen molar-refractivity contribution in [3.63, 3.8) is 0 Å². The maximum absolute atomic E-state index is 12.6. The Balaban J connectivity index is 1.62. The largest absolute Gasteiger partial charge is 0.369 e. The van der Waals surface area contributed by atoms with Crippen LogP contribution in [-0.4, -0.2) is 38.5 Å². The lowest BCUT2D eigenvalue weighted by Crippen LogP contribution is -2.33. The summed E-state index contributed by atoms with van der Waals surface area (Å²) in [6.07, 6.45) is 4.48. The average Bonchev–Trinajstić information content (AvgIpc) is 3.21. The van der Waals surface area contributed by atoms with Crippen LogP contribution >= 0.6 is 0 Å². The second-order valence-corrected chi connectivity index (χ2v) is 6.35. The molecule has 2 N–H and O–H groups in total. The van der Waals surface area contributed by atoms with E-state index < -0.39 is 0 Å². The Morgan fingerprint density at radius 1 is 1.19 bits per heavy atom. The van der Waals surface area contributed by atoms with Crippen LogP contribution in [0.25, 0.3) is 11.3 Å². The zero-order valence-corrected chi connectivity index (χ0v) is 15.6. The Kier molecular flexibility index (Phi) is 6.14. The number of nitrogens with one attached hydrogen (secondary N) is 2. The minimum absolute atomic E-state index is 0.0459. The van der Waals surface area contributed by atoms with E-state index in [1.807, 2.05) is 61.1 Å². The van der Waals surface area contributed by atoms with Gasteiger partial charge < -0.3 is 10.6 Å². The van der Waals surface area contributed by atoms with Crippen LogP contribution < -0.4 is 10.6 Å². The number of hydrogen-bond acceptors (Lipinski definition) is 5. The van der Waals surface area contributed by atoms with Crippen LogP contribution in [0.3, 0.4) is 0 Å². The Labute approximate surface area is 158 Å². The Morgan fingerprint density at radius 2 is 2.07 bits per heavy atom. The lowest BCUT2D eigenvalue weighted by molar-refractivity contribution is 0.0937. The van der Waals surface area contributed by atoms with Crippen LogP contribution in [0.4, 0.5) is 5.82 Å². The average molecular weight is 364 g/mol. The van der Waals surface area contributed by atoms with Crippen molar-refractivity contribution < 1.29 is 4.79 Å². The number of rotatable bonds is 8. The summed E-state index contributed by atoms with van der Waals surface area (Å²) in [5, 5.41) is 18.7. The smallest absolute Gasteiger partial charge is 0.251 e. The summed E-state index contributed by atoms with van der Waals surface area (Å²) in [6, 6.07) is 13.1. The number of carbonyl (C=O) groups excluding carboxylic acids is 1. The molecule has 0 aliphatic carbocycles. The summed E-state index contributed by atoms with van der Waals surface area (Å²) >= 11 is 0. The van der Waals surface area contributed by atoms with E-state index in [0.717, 1.165) is 36.6 Å². The minimum atomic E-state index is -0.0953. The highest BCUT2D eigenvalue weighted by molar-refractivity contribution is 5.95. The van der Waals surface area contributed by atoms with Gasteiger partial charge >= 0.3 is 0 Å². The Morgan fingerprint density at radius 3 is 2.78 bits per heavy atom. The van der Waals surface area contributed by atoms with Crippen molar-refractivity contribution in [3.8, 4) is 11.3 Å². The van der Waals surface area contributed by atoms with Crippen LogP contribution in [-0.2, 0) is 6.54 Å². The number of benzene rings is 1. The van der Waals surface area contributed by atoms with Gasteiger partial charge in [-0.25, -0.2) is 0 Å². The molecule has 1 aromatic carbocycles. The van der Waals surface area contributed by atoms with E-state index >= 15 is 0 Å². The summed E-state index contributed by atoms with van der Waals surface area (Å²) in [6.45, 7) is 5.56. The molecular weight excluding hydrogens is 340 g/mol. The fraction of sp³-hybridized carbons (Fsp3) is 0.300. The van der Waals surface area contributed by atoms with E-state index in [4.69, 9.17) is 0 Å².